The number of esters is 1. The number of unbranched alkanes of at least 4 members (excludes halogenated alkanes) is 26. The Balaban J connectivity index is 0. The number of carbonyl (C=O) groups is 2. The number of carbonyl (C=O) groups excluding carboxylic acids is 2. The van der Waals surface area contributed by atoms with Gasteiger partial charge in [-0.3, -0.25) is 4.79 Å². The first-order chi connectivity index (χ1) is 34.2. The largest absolute Gasteiger partial charge is 1.00 e. The molecular weight excluding hydrogens is 896 g/mol. The molecule has 0 rings (SSSR count). The van der Waals surface area contributed by atoms with Crippen LogP contribution in [0.2, 0.25) is 0 Å². The van der Waals surface area contributed by atoms with Gasteiger partial charge in [0.05, 0.1) is 40.9 Å². The first-order valence-corrected chi connectivity index (χ1v) is 29.9. The third kappa shape index (κ3) is 55.0. The van der Waals surface area contributed by atoms with Crippen LogP contribution in [0.3, 0.4) is 0 Å². The van der Waals surface area contributed by atoms with Gasteiger partial charge in [-0.2, -0.15) is 0 Å². The number of amides is 1. The highest BCUT2D eigenvalue weighted by atomic mass is 35.5. The Morgan fingerprint density at radius 1 is 0.423 bits per heavy atom. The van der Waals surface area contributed by atoms with Gasteiger partial charge in [-0.25, -0.2) is 4.79 Å². The molecule has 0 aliphatic carbocycles. The number of rotatable bonds is 52. The maximum atomic E-state index is 13.3. The molecule has 0 aromatic rings. The summed E-state index contributed by atoms with van der Waals surface area (Å²) < 4.78 is 12.7. The van der Waals surface area contributed by atoms with Gasteiger partial charge in [-0.1, -0.05) is 216 Å². The number of halogens is 1. The standard InChI is InChI=1S/C64H116N2O4.ClH/c1-7-10-13-16-19-22-25-28-31-34-37-40-43-46-49-52-56-64(60-65-63(68)69-59-54-58-66(4,5)6,57-53-50-47-44-41-38-35-32-29-26-23-20-17-14-11-8-2)61-70-62(67)55-51-48-45-42-39-36-33-30-27-24-21-18-15-12-9-3;/h19-24,28-33H,7-18,25-27,34-61H2,1-6H3;1H/b22-19-,23-20-,24-21-,31-28-,32-29-,33-30-;. The molecule has 6 nitrogen and oxygen atoms in total. The van der Waals surface area contributed by atoms with E-state index in [-0.39, 0.29) is 29.9 Å². The molecular formula is C64H117ClN2O4. The summed E-state index contributed by atoms with van der Waals surface area (Å²) in [5.41, 5.74) is -0.292. The number of hydrogen-bond acceptors (Lipinski definition) is 4. The van der Waals surface area contributed by atoms with Crippen LogP contribution < -0.4 is 17.7 Å². The van der Waals surface area contributed by atoms with E-state index in [1.165, 1.54) is 167 Å². The van der Waals surface area contributed by atoms with Gasteiger partial charge >= 0.3 is 12.1 Å². The lowest BCUT2D eigenvalue weighted by atomic mass is 9.78. The van der Waals surface area contributed by atoms with Crippen molar-refractivity contribution in [2.45, 2.75) is 271 Å². The predicted octanol–water partition coefficient (Wildman–Crippen LogP) is 16.6. The van der Waals surface area contributed by atoms with E-state index in [0.29, 0.717) is 26.2 Å². The van der Waals surface area contributed by atoms with Gasteiger partial charge in [0.2, 0.25) is 0 Å². The molecule has 0 aliphatic heterocycles. The Bertz CT molecular complexity index is 1280. The van der Waals surface area contributed by atoms with Crippen molar-refractivity contribution in [2.24, 2.45) is 5.41 Å². The molecule has 0 fully saturated rings. The fraction of sp³-hybridized carbons (Fsp3) is 0.781. The van der Waals surface area contributed by atoms with Crippen molar-refractivity contribution in [3.63, 3.8) is 0 Å². The lowest BCUT2D eigenvalue weighted by Crippen LogP contribution is -3.00. The molecule has 0 aromatic heterocycles. The molecule has 1 amide bonds. The molecule has 0 spiro atoms. The quantitative estimate of drug-likeness (QED) is 0.0285. The Morgan fingerprint density at radius 2 is 0.761 bits per heavy atom. The molecule has 1 N–H and O–H groups in total. The van der Waals surface area contributed by atoms with Gasteiger partial charge in [-0.05, 0) is 116 Å². The number of quaternary nitrogens is 1. The summed E-state index contributed by atoms with van der Waals surface area (Å²) in [6.07, 6.45) is 72.7. The van der Waals surface area contributed by atoms with Crippen LogP contribution in [-0.2, 0) is 14.3 Å². The van der Waals surface area contributed by atoms with Crippen LogP contribution in [0, 0.1) is 5.41 Å². The molecule has 7 heteroatoms. The van der Waals surface area contributed by atoms with Gasteiger partial charge in [0, 0.05) is 24.8 Å². The average molecular weight is 1010 g/mol. The smallest absolute Gasteiger partial charge is 0.407 e. The molecule has 0 radical (unpaired) electrons. The minimum absolute atomic E-state index is 0. The summed E-state index contributed by atoms with van der Waals surface area (Å²) in [5, 5.41) is 3.17. The van der Waals surface area contributed by atoms with Crippen molar-refractivity contribution in [1.29, 1.82) is 0 Å². The van der Waals surface area contributed by atoms with Crippen LogP contribution in [0.15, 0.2) is 72.9 Å². The molecule has 0 heterocycles. The van der Waals surface area contributed by atoms with E-state index in [9.17, 15) is 9.59 Å². The van der Waals surface area contributed by atoms with Crippen LogP contribution in [0.1, 0.15) is 271 Å². The second-order valence-corrected chi connectivity index (χ2v) is 21.7. The van der Waals surface area contributed by atoms with Crippen LogP contribution in [0.4, 0.5) is 4.79 Å². The number of alkyl carbamates (subject to hydrolysis) is 1. The highest BCUT2D eigenvalue weighted by molar-refractivity contribution is 5.69. The highest BCUT2D eigenvalue weighted by Crippen LogP contribution is 2.33. The Kier molecular flexibility index (Phi) is 54.8. The maximum Gasteiger partial charge on any atom is 0.407 e. The second-order valence-electron chi connectivity index (χ2n) is 21.7. The Morgan fingerprint density at radius 3 is 1.13 bits per heavy atom. The topological polar surface area (TPSA) is 64.6 Å². The third-order valence-corrected chi connectivity index (χ3v) is 13.5. The molecule has 0 bridgehead atoms. The van der Waals surface area contributed by atoms with Gasteiger partial charge in [0.25, 0.3) is 0 Å². The van der Waals surface area contributed by atoms with E-state index in [0.717, 1.165) is 88.1 Å². The number of nitrogens with one attached hydrogen (secondary N) is 1. The lowest BCUT2D eigenvalue weighted by molar-refractivity contribution is -0.870. The molecule has 0 unspecified atom stereocenters. The van der Waals surface area contributed by atoms with E-state index in [1.807, 2.05) is 0 Å². The second kappa shape index (κ2) is 55.2. The van der Waals surface area contributed by atoms with Crippen molar-refractivity contribution in [1.82, 2.24) is 5.32 Å². The molecule has 0 saturated heterocycles. The van der Waals surface area contributed by atoms with E-state index >= 15 is 0 Å². The molecule has 0 saturated carbocycles. The Labute approximate surface area is 448 Å². The van der Waals surface area contributed by atoms with Crippen molar-refractivity contribution >= 4 is 12.1 Å². The fourth-order valence-electron chi connectivity index (χ4n) is 8.87. The molecule has 0 atom stereocenters. The summed E-state index contributed by atoms with van der Waals surface area (Å²) in [4.78, 5) is 26.4. The van der Waals surface area contributed by atoms with Crippen LogP contribution in [0.5, 0.6) is 0 Å². The van der Waals surface area contributed by atoms with E-state index in [1.54, 1.807) is 0 Å². The fourth-order valence-corrected chi connectivity index (χ4v) is 8.87. The zero-order valence-corrected chi connectivity index (χ0v) is 48.5. The third-order valence-electron chi connectivity index (χ3n) is 13.5. The number of ether oxygens (including phenoxy) is 2. The minimum atomic E-state index is -0.351. The van der Waals surface area contributed by atoms with E-state index in [2.05, 4.69) is 120 Å². The van der Waals surface area contributed by atoms with Crippen LogP contribution >= 0.6 is 0 Å². The monoisotopic (exact) mass is 1010 g/mol. The van der Waals surface area contributed by atoms with Crippen molar-refractivity contribution in [2.75, 3.05) is 47.4 Å². The molecule has 71 heavy (non-hydrogen) atoms. The minimum Gasteiger partial charge on any atom is -1.00 e. The zero-order valence-electron chi connectivity index (χ0n) is 47.8. The predicted molar refractivity (Wildman–Crippen MR) is 308 cm³/mol. The number of nitrogens with zero attached hydrogens (tertiary/aromatic N) is 1. The van der Waals surface area contributed by atoms with Gasteiger partial charge in [-0.15, -0.1) is 0 Å². The first kappa shape index (κ1) is 70.5. The maximum absolute atomic E-state index is 13.3. The van der Waals surface area contributed by atoms with E-state index < -0.39 is 0 Å². The van der Waals surface area contributed by atoms with Gasteiger partial charge < -0.3 is 31.7 Å². The van der Waals surface area contributed by atoms with E-state index in [4.69, 9.17) is 9.47 Å². The number of allylic oxidation sites excluding steroid dienone is 12. The Hall–Kier alpha value is -2.57. The average Bonchev–Trinajstić information content (AvgIpc) is 3.34. The van der Waals surface area contributed by atoms with Gasteiger partial charge in [0.15, 0.2) is 0 Å². The number of hydrogen-bond donors (Lipinski definition) is 1. The molecule has 0 aliphatic rings. The highest BCUT2D eigenvalue weighted by Gasteiger charge is 2.32. The molecule has 0 aromatic carbocycles. The SMILES string of the molecule is CCCCC/C=C\C/C=C\CCCCCCCCC(CCCCCCCC/C=C\C/C=C\CCCCC)(CNC(=O)OCCC[N+](C)(C)C)COC(=O)CCCCCCC/C=C\C/C=C\CCCCC.[Cl-]. The zero-order chi connectivity index (χ0) is 51.2. The van der Waals surface area contributed by atoms with Crippen LogP contribution in [-0.4, -0.2) is 64.0 Å². The summed E-state index contributed by atoms with van der Waals surface area (Å²) >= 11 is 0. The summed E-state index contributed by atoms with van der Waals surface area (Å²) in [5.74, 6) is -0.0907. The first-order valence-electron chi connectivity index (χ1n) is 29.9. The van der Waals surface area contributed by atoms with Crippen LogP contribution in [0.25, 0.3) is 0 Å². The normalized spacial score (nSPS) is 12.5. The van der Waals surface area contributed by atoms with Crippen molar-refractivity contribution < 1.29 is 36.0 Å². The lowest BCUT2D eigenvalue weighted by Gasteiger charge is -2.34. The van der Waals surface area contributed by atoms with Crippen molar-refractivity contribution in [3.05, 3.63) is 72.9 Å². The van der Waals surface area contributed by atoms with Gasteiger partial charge in [0.1, 0.15) is 0 Å². The van der Waals surface area contributed by atoms with Crippen molar-refractivity contribution in [3.8, 4) is 0 Å². The summed E-state index contributed by atoms with van der Waals surface area (Å²) in [6, 6.07) is 0. The summed E-state index contributed by atoms with van der Waals surface area (Å²) in [7, 11) is 6.48. The molecule has 414 valence electrons. The summed E-state index contributed by atoms with van der Waals surface area (Å²) in [6.45, 7) is 8.99.